The van der Waals surface area contributed by atoms with Crippen LogP contribution in [0.1, 0.15) is 5.56 Å². The van der Waals surface area contributed by atoms with Crippen molar-refractivity contribution < 1.29 is 9.53 Å². The minimum atomic E-state index is -0.336. The molecular weight excluding hydrogens is 480 g/mol. The average molecular weight is 511 g/mol. The fraction of sp³-hybridized carbons (Fsp3) is 0.214. The standard InChI is InChI=1S/C28H30N8O2/c1-6-26(37)32-21-13-22(25(38-5)14-24(21)35(3)12-11-30-2)33-28-31-16-18(15-29)27(34-28)20-17-36(4)23-10-8-7-9-19(20)23/h6-10,13-14,16-17,30H,1,11-12H2,2-5H3,(H,32,37)(H,31,33,34). The number of nitriles is 1. The van der Waals surface area contributed by atoms with E-state index < -0.39 is 0 Å². The number of benzene rings is 2. The second kappa shape index (κ2) is 11.5. The number of carbonyl (C=O) groups excluding carboxylic acids is 1. The molecule has 2 aromatic heterocycles. The molecule has 0 aliphatic carbocycles. The molecule has 4 rings (SSSR count). The van der Waals surface area contributed by atoms with Gasteiger partial charge in [-0.3, -0.25) is 4.79 Å². The van der Waals surface area contributed by atoms with Gasteiger partial charge in [0.25, 0.3) is 0 Å². The molecule has 0 fully saturated rings. The van der Waals surface area contributed by atoms with E-state index in [0.29, 0.717) is 34.9 Å². The molecule has 0 saturated heterocycles. The van der Waals surface area contributed by atoms with Gasteiger partial charge in [-0.15, -0.1) is 0 Å². The number of hydrogen-bond acceptors (Lipinski definition) is 8. The number of methoxy groups -OCH3 is 1. The van der Waals surface area contributed by atoms with Gasteiger partial charge in [0, 0.05) is 55.9 Å². The summed E-state index contributed by atoms with van der Waals surface area (Å²) in [6, 6.07) is 13.8. The SMILES string of the molecule is C=CC(=O)Nc1cc(Nc2ncc(C#N)c(-c3cn(C)c4ccccc34)n2)c(OC)cc1N(C)CCNC. The maximum Gasteiger partial charge on any atom is 0.247 e. The number of nitrogens with one attached hydrogen (secondary N) is 3. The Balaban J connectivity index is 1.78. The number of para-hydroxylation sites is 1. The molecule has 10 nitrogen and oxygen atoms in total. The van der Waals surface area contributed by atoms with Crippen LogP contribution in [0.5, 0.6) is 5.75 Å². The summed E-state index contributed by atoms with van der Waals surface area (Å²) in [6.07, 6.45) is 4.67. The van der Waals surface area contributed by atoms with Crippen LogP contribution in [0.25, 0.3) is 22.2 Å². The first-order valence-electron chi connectivity index (χ1n) is 12.0. The van der Waals surface area contributed by atoms with Crippen LogP contribution < -0.4 is 25.6 Å². The van der Waals surface area contributed by atoms with E-state index in [4.69, 9.17) is 9.72 Å². The Kier molecular flexibility index (Phi) is 7.89. The smallest absolute Gasteiger partial charge is 0.247 e. The van der Waals surface area contributed by atoms with Crippen molar-refractivity contribution in [3.8, 4) is 23.1 Å². The van der Waals surface area contributed by atoms with Crippen molar-refractivity contribution in [3.05, 3.63) is 67.0 Å². The van der Waals surface area contributed by atoms with E-state index in [0.717, 1.165) is 28.7 Å². The predicted octanol–water partition coefficient (Wildman–Crippen LogP) is 4.04. The molecule has 0 radical (unpaired) electrons. The number of ether oxygens (including phenoxy) is 1. The summed E-state index contributed by atoms with van der Waals surface area (Å²) in [4.78, 5) is 23.3. The molecule has 3 N–H and O–H groups in total. The number of aromatic nitrogens is 3. The highest BCUT2D eigenvalue weighted by atomic mass is 16.5. The molecule has 0 spiro atoms. The Morgan fingerprint density at radius 2 is 2.08 bits per heavy atom. The summed E-state index contributed by atoms with van der Waals surface area (Å²) in [5, 5.41) is 20.0. The molecule has 0 aliphatic heterocycles. The van der Waals surface area contributed by atoms with Gasteiger partial charge in [-0.25, -0.2) is 9.97 Å². The molecule has 4 aromatic rings. The Morgan fingerprint density at radius 3 is 2.79 bits per heavy atom. The van der Waals surface area contributed by atoms with Crippen LogP contribution in [0.15, 0.2) is 61.4 Å². The zero-order valence-electron chi connectivity index (χ0n) is 21.9. The van der Waals surface area contributed by atoms with Gasteiger partial charge in [-0.1, -0.05) is 24.8 Å². The largest absolute Gasteiger partial charge is 0.494 e. The number of aryl methyl sites for hydroxylation is 1. The lowest BCUT2D eigenvalue weighted by atomic mass is 10.1. The Labute approximate surface area is 221 Å². The van der Waals surface area contributed by atoms with E-state index in [1.807, 2.05) is 67.1 Å². The summed E-state index contributed by atoms with van der Waals surface area (Å²) in [6.45, 7) is 5.02. The lowest BCUT2D eigenvalue weighted by Gasteiger charge is -2.24. The Morgan fingerprint density at radius 1 is 1.29 bits per heavy atom. The van der Waals surface area contributed by atoms with E-state index >= 15 is 0 Å². The first-order chi connectivity index (χ1) is 18.4. The van der Waals surface area contributed by atoms with E-state index in [9.17, 15) is 10.1 Å². The molecule has 0 unspecified atom stereocenters. The first-order valence-corrected chi connectivity index (χ1v) is 12.0. The van der Waals surface area contributed by atoms with Crippen molar-refractivity contribution in [1.29, 1.82) is 5.26 Å². The number of nitrogens with zero attached hydrogens (tertiary/aromatic N) is 5. The zero-order chi connectivity index (χ0) is 27.2. The average Bonchev–Trinajstić information content (AvgIpc) is 3.28. The number of anilines is 4. The lowest BCUT2D eigenvalue weighted by Crippen LogP contribution is -2.28. The van der Waals surface area contributed by atoms with Gasteiger partial charge in [0.15, 0.2) is 0 Å². The normalized spacial score (nSPS) is 10.6. The maximum atomic E-state index is 12.2. The molecule has 194 valence electrons. The van der Waals surface area contributed by atoms with Gasteiger partial charge in [0.2, 0.25) is 11.9 Å². The molecule has 1 amide bonds. The summed E-state index contributed by atoms with van der Waals surface area (Å²) in [5.74, 6) is 0.479. The fourth-order valence-electron chi connectivity index (χ4n) is 4.22. The third kappa shape index (κ3) is 5.28. The summed E-state index contributed by atoms with van der Waals surface area (Å²) in [7, 11) is 7.34. The van der Waals surface area contributed by atoms with Crippen LogP contribution in [0.3, 0.4) is 0 Å². The summed E-state index contributed by atoms with van der Waals surface area (Å²) >= 11 is 0. The first kappa shape index (κ1) is 26.2. The highest BCUT2D eigenvalue weighted by Crippen LogP contribution is 2.38. The number of fused-ring (bicyclic) bond motifs is 1. The van der Waals surface area contributed by atoms with E-state index in [2.05, 4.69) is 33.6 Å². The Bertz CT molecular complexity index is 1540. The second-order valence-electron chi connectivity index (χ2n) is 8.65. The number of amides is 1. The fourth-order valence-corrected chi connectivity index (χ4v) is 4.22. The number of likely N-dealkylation sites (N-methyl/N-ethyl adjacent to an activating group) is 2. The van der Waals surface area contributed by atoms with Crippen LogP contribution >= 0.6 is 0 Å². The highest BCUT2D eigenvalue weighted by Gasteiger charge is 2.18. The third-order valence-electron chi connectivity index (χ3n) is 6.18. The summed E-state index contributed by atoms with van der Waals surface area (Å²) < 4.78 is 7.67. The quantitative estimate of drug-likeness (QED) is 0.274. The van der Waals surface area contributed by atoms with Gasteiger partial charge in [0.05, 0.1) is 41.6 Å². The monoisotopic (exact) mass is 510 g/mol. The second-order valence-corrected chi connectivity index (χ2v) is 8.65. The molecule has 0 saturated carbocycles. The zero-order valence-corrected chi connectivity index (χ0v) is 21.9. The van der Waals surface area contributed by atoms with Gasteiger partial charge in [-0.2, -0.15) is 5.26 Å². The van der Waals surface area contributed by atoms with Crippen LogP contribution in [-0.2, 0) is 11.8 Å². The van der Waals surface area contributed by atoms with E-state index in [1.165, 1.54) is 12.3 Å². The minimum absolute atomic E-state index is 0.280. The van der Waals surface area contributed by atoms with Crippen LogP contribution in [0.4, 0.5) is 23.0 Å². The van der Waals surface area contributed by atoms with Crippen molar-refractivity contribution in [2.75, 3.05) is 49.8 Å². The molecule has 2 heterocycles. The molecule has 10 heteroatoms. The predicted molar refractivity (Wildman–Crippen MR) is 151 cm³/mol. The van der Waals surface area contributed by atoms with Gasteiger partial charge in [0.1, 0.15) is 11.8 Å². The number of carbonyl (C=O) groups is 1. The Hall–Kier alpha value is -4.88. The van der Waals surface area contributed by atoms with Crippen molar-refractivity contribution in [1.82, 2.24) is 19.9 Å². The molecule has 0 aliphatic rings. The van der Waals surface area contributed by atoms with Crippen molar-refractivity contribution in [2.24, 2.45) is 7.05 Å². The topological polar surface area (TPSA) is 120 Å². The van der Waals surface area contributed by atoms with Crippen molar-refractivity contribution >= 4 is 39.8 Å². The van der Waals surface area contributed by atoms with E-state index in [1.54, 1.807) is 13.2 Å². The molecule has 2 aromatic carbocycles. The highest BCUT2D eigenvalue weighted by molar-refractivity contribution is 6.02. The third-order valence-corrected chi connectivity index (χ3v) is 6.18. The van der Waals surface area contributed by atoms with E-state index in [-0.39, 0.29) is 11.9 Å². The lowest BCUT2D eigenvalue weighted by molar-refractivity contribution is -0.111. The molecule has 0 bridgehead atoms. The number of hydrogen-bond donors (Lipinski definition) is 3. The minimum Gasteiger partial charge on any atom is -0.494 e. The molecular formula is C28H30N8O2. The van der Waals surface area contributed by atoms with Crippen molar-refractivity contribution in [3.63, 3.8) is 0 Å². The van der Waals surface area contributed by atoms with Gasteiger partial charge in [-0.05, 0) is 25.3 Å². The number of rotatable bonds is 10. The van der Waals surface area contributed by atoms with Gasteiger partial charge < -0.3 is 30.2 Å². The van der Waals surface area contributed by atoms with Crippen LogP contribution in [-0.4, -0.2) is 54.7 Å². The summed E-state index contributed by atoms with van der Waals surface area (Å²) in [5.41, 5.74) is 4.63. The van der Waals surface area contributed by atoms with Crippen molar-refractivity contribution in [2.45, 2.75) is 0 Å². The maximum absolute atomic E-state index is 12.2. The molecule has 38 heavy (non-hydrogen) atoms. The van der Waals surface area contributed by atoms with Crippen LogP contribution in [0.2, 0.25) is 0 Å². The molecule has 0 atom stereocenters. The van der Waals surface area contributed by atoms with Gasteiger partial charge >= 0.3 is 0 Å². The van der Waals surface area contributed by atoms with Crippen LogP contribution in [0, 0.1) is 11.3 Å².